The Labute approximate surface area is 170 Å². The van der Waals surface area contributed by atoms with Gasteiger partial charge in [-0.2, -0.15) is 0 Å². The number of rotatable bonds is 4. The van der Waals surface area contributed by atoms with E-state index in [0.29, 0.717) is 26.1 Å². The zero-order chi connectivity index (χ0) is 20.3. The Hall–Kier alpha value is -2.96. The average Bonchev–Trinajstić information content (AvgIpc) is 2.74. The van der Waals surface area contributed by atoms with Crippen LogP contribution in [-0.4, -0.2) is 50.8 Å². The maximum absolute atomic E-state index is 12.6. The highest BCUT2D eigenvalue weighted by atomic mass is 16.2. The van der Waals surface area contributed by atoms with Gasteiger partial charge in [0, 0.05) is 44.5 Å². The van der Waals surface area contributed by atoms with Crippen molar-refractivity contribution in [2.75, 3.05) is 19.6 Å². The lowest BCUT2D eigenvalue weighted by atomic mass is 9.72. The molecule has 2 amide bonds. The molecule has 2 aromatic rings. The van der Waals surface area contributed by atoms with E-state index in [1.165, 1.54) is 10.6 Å². The largest absolute Gasteiger partial charge is 0.341 e. The lowest BCUT2D eigenvalue weighted by Gasteiger charge is -2.47. The molecule has 2 aromatic heterocycles. The minimum atomic E-state index is -0.162. The molecule has 0 saturated carbocycles. The lowest BCUT2D eigenvalue weighted by Crippen LogP contribution is -2.52. The molecule has 0 aromatic carbocycles. The van der Waals surface area contributed by atoms with Crippen LogP contribution in [-0.2, 0) is 22.7 Å². The molecule has 0 radical (unpaired) electrons. The van der Waals surface area contributed by atoms with Gasteiger partial charge in [0.2, 0.25) is 11.8 Å². The minimum Gasteiger partial charge on any atom is -0.341 e. The van der Waals surface area contributed by atoms with Crippen molar-refractivity contribution in [3.05, 3.63) is 64.8 Å². The van der Waals surface area contributed by atoms with Crippen molar-refractivity contribution < 1.29 is 9.59 Å². The van der Waals surface area contributed by atoms with E-state index in [1.54, 1.807) is 24.5 Å². The molecule has 1 spiro atoms. The van der Waals surface area contributed by atoms with Crippen LogP contribution >= 0.6 is 0 Å². The smallest absolute Gasteiger partial charge is 0.250 e. The summed E-state index contributed by atoms with van der Waals surface area (Å²) in [5.74, 6) is 0.161. The molecule has 152 valence electrons. The van der Waals surface area contributed by atoms with Gasteiger partial charge in [0.25, 0.3) is 5.56 Å². The molecular formula is C22H26N4O3. The van der Waals surface area contributed by atoms with Gasteiger partial charge in [0.05, 0.1) is 12.2 Å². The molecule has 2 aliphatic heterocycles. The highest BCUT2D eigenvalue weighted by molar-refractivity contribution is 5.77. The summed E-state index contributed by atoms with van der Waals surface area (Å²) < 4.78 is 1.45. The highest BCUT2D eigenvalue weighted by Gasteiger charge is 2.41. The summed E-state index contributed by atoms with van der Waals surface area (Å²) >= 11 is 0. The second-order valence-corrected chi connectivity index (χ2v) is 8.12. The first-order valence-corrected chi connectivity index (χ1v) is 10.2. The van der Waals surface area contributed by atoms with Crippen molar-refractivity contribution in [1.82, 2.24) is 19.4 Å². The first-order valence-electron chi connectivity index (χ1n) is 10.2. The van der Waals surface area contributed by atoms with Gasteiger partial charge in [-0.3, -0.25) is 19.4 Å². The third-order valence-electron chi connectivity index (χ3n) is 6.21. The Kier molecular flexibility index (Phi) is 5.47. The first kappa shape index (κ1) is 19.4. The molecular weight excluding hydrogens is 368 g/mol. The summed E-state index contributed by atoms with van der Waals surface area (Å²) in [5.41, 5.74) is 0.812. The minimum absolute atomic E-state index is 0.0228. The molecule has 0 atom stereocenters. The summed E-state index contributed by atoms with van der Waals surface area (Å²) in [6.45, 7) is 2.69. The van der Waals surface area contributed by atoms with Crippen molar-refractivity contribution in [2.45, 2.75) is 38.8 Å². The summed E-state index contributed by atoms with van der Waals surface area (Å²) in [7, 11) is 0. The molecule has 2 aliphatic rings. The van der Waals surface area contributed by atoms with E-state index in [2.05, 4.69) is 4.98 Å². The number of aromatic nitrogens is 2. The Balaban J connectivity index is 1.36. The number of hydrogen-bond donors (Lipinski definition) is 0. The van der Waals surface area contributed by atoms with Crippen LogP contribution < -0.4 is 5.56 Å². The van der Waals surface area contributed by atoms with Crippen molar-refractivity contribution in [1.29, 1.82) is 0 Å². The molecule has 29 heavy (non-hydrogen) atoms. The third kappa shape index (κ3) is 4.39. The van der Waals surface area contributed by atoms with Gasteiger partial charge >= 0.3 is 0 Å². The zero-order valence-corrected chi connectivity index (χ0v) is 16.5. The predicted molar refractivity (Wildman–Crippen MR) is 108 cm³/mol. The van der Waals surface area contributed by atoms with Gasteiger partial charge < -0.3 is 14.4 Å². The van der Waals surface area contributed by atoms with Crippen molar-refractivity contribution in [3.63, 3.8) is 0 Å². The molecule has 4 rings (SSSR count). The number of nitrogens with zero attached hydrogens (tertiary/aromatic N) is 4. The fraction of sp³-hybridized carbons (Fsp3) is 0.455. The molecule has 0 bridgehead atoms. The predicted octanol–water partition coefficient (Wildman–Crippen LogP) is 1.67. The van der Waals surface area contributed by atoms with E-state index >= 15 is 0 Å². The number of piperidine rings is 2. The summed E-state index contributed by atoms with van der Waals surface area (Å²) in [6, 6.07) is 10.7. The maximum Gasteiger partial charge on any atom is 0.250 e. The van der Waals surface area contributed by atoms with Gasteiger partial charge in [-0.15, -0.1) is 0 Å². The van der Waals surface area contributed by atoms with Crippen LogP contribution in [0.5, 0.6) is 0 Å². The van der Waals surface area contributed by atoms with Gasteiger partial charge in [0.15, 0.2) is 0 Å². The maximum atomic E-state index is 12.6. The lowest BCUT2D eigenvalue weighted by molar-refractivity contribution is -0.143. The number of likely N-dealkylation sites (tertiary alicyclic amines) is 2. The zero-order valence-electron chi connectivity index (χ0n) is 16.5. The van der Waals surface area contributed by atoms with Crippen LogP contribution in [0.25, 0.3) is 0 Å². The van der Waals surface area contributed by atoms with Gasteiger partial charge in [-0.05, 0) is 42.9 Å². The number of pyridine rings is 2. The summed E-state index contributed by atoms with van der Waals surface area (Å²) in [6.07, 6.45) is 6.60. The van der Waals surface area contributed by atoms with E-state index in [1.807, 2.05) is 28.0 Å². The number of carbonyl (C=O) groups excluding carboxylic acids is 2. The number of amides is 2. The van der Waals surface area contributed by atoms with Crippen molar-refractivity contribution in [2.24, 2.45) is 5.41 Å². The molecule has 0 aliphatic carbocycles. The summed E-state index contributed by atoms with van der Waals surface area (Å²) in [5, 5.41) is 0. The van der Waals surface area contributed by atoms with E-state index in [-0.39, 0.29) is 29.3 Å². The van der Waals surface area contributed by atoms with Crippen LogP contribution in [0.3, 0.4) is 0 Å². The van der Waals surface area contributed by atoms with Crippen LogP contribution in [0.15, 0.2) is 53.6 Å². The highest BCUT2D eigenvalue weighted by Crippen LogP contribution is 2.40. The topological polar surface area (TPSA) is 75.5 Å². The molecule has 7 heteroatoms. The third-order valence-corrected chi connectivity index (χ3v) is 6.21. The molecule has 2 fully saturated rings. The molecule has 2 saturated heterocycles. The van der Waals surface area contributed by atoms with E-state index < -0.39 is 0 Å². The molecule has 4 heterocycles. The van der Waals surface area contributed by atoms with Crippen LogP contribution in [0.1, 0.15) is 31.4 Å². The fourth-order valence-electron chi connectivity index (χ4n) is 4.41. The van der Waals surface area contributed by atoms with E-state index in [9.17, 15) is 14.4 Å². The van der Waals surface area contributed by atoms with E-state index in [0.717, 1.165) is 31.5 Å². The van der Waals surface area contributed by atoms with Crippen LogP contribution in [0.4, 0.5) is 0 Å². The standard InChI is InChI=1S/C22H26N4O3/c27-19-6-2-4-12-25(19)16-21(29)24-13-9-22(10-14-24)8-7-20(28)26(17-22)15-18-5-1-3-11-23-18/h1-6,11-12H,7-10,13-17H2. The van der Waals surface area contributed by atoms with Gasteiger partial charge in [0.1, 0.15) is 6.54 Å². The SMILES string of the molecule is O=C(Cn1ccccc1=O)N1CCC2(CCC(=O)N(Cc3ccccn3)C2)CC1. The Morgan fingerprint density at radius 3 is 2.55 bits per heavy atom. The average molecular weight is 394 g/mol. The van der Waals surface area contributed by atoms with E-state index in [4.69, 9.17) is 0 Å². The molecule has 0 N–H and O–H groups in total. The number of hydrogen-bond acceptors (Lipinski definition) is 4. The summed E-state index contributed by atoms with van der Waals surface area (Å²) in [4.78, 5) is 45.0. The fourth-order valence-corrected chi connectivity index (χ4v) is 4.41. The van der Waals surface area contributed by atoms with Gasteiger partial charge in [-0.1, -0.05) is 12.1 Å². The van der Waals surface area contributed by atoms with Crippen LogP contribution in [0, 0.1) is 5.41 Å². The van der Waals surface area contributed by atoms with Gasteiger partial charge in [-0.25, -0.2) is 0 Å². The first-order chi connectivity index (χ1) is 14.0. The molecule has 7 nitrogen and oxygen atoms in total. The Bertz CT molecular complexity index is 932. The Morgan fingerprint density at radius 2 is 1.83 bits per heavy atom. The van der Waals surface area contributed by atoms with Crippen molar-refractivity contribution >= 4 is 11.8 Å². The Morgan fingerprint density at radius 1 is 1.03 bits per heavy atom. The quantitative estimate of drug-likeness (QED) is 0.791. The van der Waals surface area contributed by atoms with Crippen molar-refractivity contribution in [3.8, 4) is 0 Å². The second kappa shape index (κ2) is 8.19. The molecule has 0 unspecified atom stereocenters. The second-order valence-electron chi connectivity index (χ2n) is 8.12. The monoisotopic (exact) mass is 394 g/mol. The number of carbonyl (C=O) groups is 2. The van der Waals surface area contributed by atoms with Crippen LogP contribution in [0.2, 0.25) is 0 Å². The normalized spacial score (nSPS) is 18.8.